The number of carbonyl (C=O) groups excluding carboxylic acids is 1. The lowest BCUT2D eigenvalue weighted by Gasteiger charge is -2.35. The minimum Gasteiger partial charge on any atom is -0.489 e. The van der Waals surface area contributed by atoms with Gasteiger partial charge in [0.05, 0.1) is 10.6 Å². The van der Waals surface area contributed by atoms with E-state index in [-0.39, 0.29) is 18.1 Å². The molecule has 2 fully saturated rings. The fraction of sp³-hybridized carbons (Fsp3) is 0.406. The zero-order valence-electron chi connectivity index (χ0n) is 23.2. The van der Waals surface area contributed by atoms with Crippen molar-refractivity contribution < 1.29 is 27.8 Å². The van der Waals surface area contributed by atoms with Crippen molar-refractivity contribution in [1.82, 2.24) is 15.1 Å². The molecule has 0 spiro atoms. The molecule has 2 saturated heterocycles. The molecule has 0 radical (unpaired) electrons. The molecule has 0 bridgehead atoms. The van der Waals surface area contributed by atoms with Gasteiger partial charge in [-0.25, -0.2) is 0 Å². The number of benzene rings is 3. The van der Waals surface area contributed by atoms with Crippen LogP contribution in [0.25, 0.3) is 0 Å². The van der Waals surface area contributed by atoms with E-state index < -0.39 is 18.0 Å². The quantitative estimate of drug-likeness (QED) is 0.318. The van der Waals surface area contributed by atoms with Crippen molar-refractivity contribution in [2.75, 3.05) is 26.2 Å². The number of aliphatic hydroxyl groups excluding tert-OH is 1. The molecule has 2 aliphatic heterocycles. The monoisotopic (exact) mass is 601 g/mol. The van der Waals surface area contributed by atoms with Crippen LogP contribution in [0.2, 0.25) is 5.02 Å². The molecule has 3 aromatic carbocycles. The number of halogens is 4. The largest absolute Gasteiger partial charge is 0.489 e. The van der Waals surface area contributed by atoms with E-state index in [4.69, 9.17) is 16.3 Å². The molecule has 10 heteroatoms. The van der Waals surface area contributed by atoms with Gasteiger partial charge in [-0.3, -0.25) is 14.6 Å². The topological polar surface area (TPSA) is 65.0 Å². The maximum atomic E-state index is 12.9. The number of aliphatic hydroxyl groups is 1. The van der Waals surface area contributed by atoms with Gasteiger partial charge in [0.25, 0.3) is 5.91 Å². The van der Waals surface area contributed by atoms with Crippen LogP contribution in [-0.2, 0) is 12.7 Å². The number of nitrogens with zero attached hydrogens (tertiary/aromatic N) is 2. The maximum absolute atomic E-state index is 12.9. The third-order valence-electron chi connectivity index (χ3n) is 8.02. The minimum absolute atomic E-state index is 0.113. The van der Waals surface area contributed by atoms with Crippen molar-refractivity contribution in [3.05, 3.63) is 100 Å². The number of hydrogen-bond acceptors (Lipinski definition) is 5. The molecule has 2 heterocycles. The molecule has 42 heavy (non-hydrogen) atoms. The second-order valence-corrected chi connectivity index (χ2v) is 11.4. The number of rotatable bonds is 8. The summed E-state index contributed by atoms with van der Waals surface area (Å²) in [6.07, 6.45) is -2.55. The fourth-order valence-corrected chi connectivity index (χ4v) is 5.78. The number of nitrogens with one attached hydrogen (secondary N) is 1. The third kappa shape index (κ3) is 7.83. The summed E-state index contributed by atoms with van der Waals surface area (Å²) < 4.78 is 44.6. The van der Waals surface area contributed by atoms with Crippen molar-refractivity contribution in [3.63, 3.8) is 0 Å². The molecule has 0 aromatic heterocycles. The molecule has 5 rings (SSSR count). The summed E-state index contributed by atoms with van der Waals surface area (Å²) in [7, 11) is 0. The van der Waals surface area contributed by atoms with Crippen LogP contribution < -0.4 is 10.1 Å². The molecular weight excluding hydrogens is 567 g/mol. The highest BCUT2D eigenvalue weighted by atomic mass is 35.5. The van der Waals surface area contributed by atoms with Gasteiger partial charge in [-0.2, -0.15) is 13.2 Å². The fourth-order valence-electron chi connectivity index (χ4n) is 5.56. The van der Waals surface area contributed by atoms with Gasteiger partial charge in [0.15, 0.2) is 0 Å². The predicted octanol–water partition coefficient (Wildman–Crippen LogP) is 6.29. The van der Waals surface area contributed by atoms with Gasteiger partial charge >= 0.3 is 6.18 Å². The highest BCUT2D eigenvalue weighted by Crippen LogP contribution is 2.32. The van der Waals surface area contributed by atoms with E-state index in [2.05, 4.69) is 22.3 Å². The number of piperidine rings is 2. The Balaban J connectivity index is 1.07. The van der Waals surface area contributed by atoms with Gasteiger partial charge in [-0.1, -0.05) is 54.1 Å². The summed E-state index contributed by atoms with van der Waals surface area (Å²) in [6.45, 7) is 3.78. The number of amides is 1. The average Bonchev–Trinajstić information content (AvgIpc) is 2.99. The first-order chi connectivity index (χ1) is 20.2. The lowest BCUT2D eigenvalue weighted by molar-refractivity contribution is -0.137. The highest BCUT2D eigenvalue weighted by Gasteiger charge is 2.31. The Labute approximate surface area is 249 Å². The number of hydrogen-bond donors (Lipinski definition) is 2. The summed E-state index contributed by atoms with van der Waals surface area (Å²) in [5, 5.41) is 14.2. The van der Waals surface area contributed by atoms with Gasteiger partial charge in [-0.05, 0) is 67.1 Å². The molecule has 0 saturated carbocycles. The molecule has 0 aliphatic carbocycles. The summed E-state index contributed by atoms with van der Waals surface area (Å²) in [6, 6.07) is 20.1. The first-order valence-corrected chi connectivity index (χ1v) is 14.7. The zero-order chi connectivity index (χ0) is 29.7. The van der Waals surface area contributed by atoms with E-state index in [0.29, 0.717) is 47.8 Å². The lowest BCUT2D eigenvalue weighted by atomic mass is 10.0. The Morgan fingerprint density at radius 1 is 0.952 bits per heavy atom. The minimum atomic E-state index is -4.41. The average molecular weight is 602 g/mol. The van der Waals surface area contributed by atoms with Crippen LogP contribution in [0, 0.1) is 0 Å². The number of ether oxygens (including phenoxy) is 1. The molecule has 1 unspecified atom stereocenters. The number of carbonyl (C=O) groups is 1. The van der Waals surface area contributed by atoms with Gasteiger partial charge in [0, 0.05) is 44.3 Å². The van der Waals surface area contributed by atoms with Crippen LogP contribution in [0.15, 0.2) is 72.8 Å². The van der Waals surface area contributed by atoms with E-state index in [1.165, 1.54) is 17.7 Å². The van der Waals surface area contributed by atoms with E-state index in [0.717, 1.165) is 44.6 Å². The summed E-state index contributed by atoms with van der Waals surface area (Å²) in [4.78, 5) is 17.1. The van der Waals surface area contributed by atoms with Crippen LogP contribution in [0.3, 0.4) is 0 Å². The summed E-state index contributed by atoms with van der Waals surface area (Å²) in [5.74, 6) is 0.333. The van der Waals surface area contributed by atoms with Crippen molar-refractivity contribution in [3.8, 4) is 5.75 Å². The smallest absolute Gasteiger partial charge is 0.416 e. The van der Waals surface area contributed by atoms with Crippen molar-refractivity contribution >= 4 is 17.5 Å². The van der Waals surface area contributed by atoms with Crippen LogP contribution in [-0.4, -0.2) is 59.1 Å². The summed E-state index contributed by atoms with van der Waals surface area (Å²) >= 11 is 6.49. The van der Waals surface area contributed by atoms with Gasteiger partial charge < -0.3 is 15.2 Å². The van der Waals surface area contributed by atoms with E-state index >= 15 is 0 Å². The molecular formula is C32H35ClF3N3O3. The van der Waals surface area contributed by atoms with E-state index in [1.807, 2.05) is 23.1 Å². The summed E-state index contributed by atoms with van der Waals surface area (Å²) in [5.41, 5.74) is 1.44. The molecule has 2 N–H and O–H groups in total. The molecule has 1 atom stereocenters. The first-order valence-electron chi connectivity index (χ1n) is 14.3. The van der Waals surface area contributed by atoms with E-state index in [9.17, 15) is 23.1 Å². The Hall–Kier alpha value is -3.11. The standard InChI is InChI=1S/C32H35ClF3N3O3/c33-28-20-24(30(40)37-26-12-16-38(17-13-26)21-22-4-2-1-3-5-22)8-11-29(28)42-27-14-18-39(19-15-27)31(41)23-6-9-25(10-7-23)32(34,35)36/h1-11,20,26-27,31,41H,12-19,21H2,(H,37,40). The first kappa shape index (κ1) is 30.4. The van der Waals surface area contributed by atoms with Crippen LogP contribution in [0.4, 0.5) is 13.2 Å². The van der Waals surface area contributed by atoms with Gasteiger partial charge in [0.2, 0.25) is 0 Å². The normalized spacial score (nSPS) is 18.5. The Morgan fingerprint density at radius 3 is 2.24 bits per heavy atom. The Morgan fingerprint density at radius 2 is 1.62 bits per heavy atom. The Bertz CT molecular complexity index is 1320. The number of alkyl halides is 3. The predicted molar refractivity (Wildman–Crippen MR) is 155 cm³/mol. The molecule has 6 nitrogen and oxygen atoms in total. The molecule has 2 aliphatic rings. The van der Waals surface area contributed by atoms with Gasteiger partial charge in [0.1, 0.15) is 18.1 Å². The van der Waals surface area contributed by atoms with Crippen LogP contribution >= 0.6 is 11.6 Å². The zero-order valence-corrected chi connectivity index (χ0v) is 24.0. The second-order valence-electron chi connectivity index (χ2n) is 11.0. The molecule has 224 valence electrons. The Kier molecular flexibility index (Phi) is 9.73. The van der Waals surface area contributed by atoms with Gasteiger partial charge in [-0.15, -0.1) is 0 Å². The highest BCUT2D eigenvalue weighted by molar-refractivity contribution is 6.32. The van der Waals surface area contributed by atoms with E-state index in [1.54, 1.807) is 18.2 Å². The lowest BCUT2D eigenvalue weighted by Crippen LogP contribution is -2.44. The van der Waals surface area contributed by atoms with Crippen LogP contribution in [0.1, 0.15) is 59.0 Å². The van der Waals surface area contributed by atoms with Crippen molar-refractivity contribution in [2.45, 2.75) is 56.8 Å². The number of likely N-dealkylation sites (tertiary alicyclic amines) is 2. The molecule has 3 aromatic rings. The van der Waals surface area contributed by atoms with Crippen molar-refractivity contribution in [2.24, 2.45) is 0 Å². The maximum Gasteiger partial charge on any atom is 0.416 e. The van der Waals surface area contributed by atoms with Crippen molar-refractivity contribution in [1.29, 1.82) is 0 Å². The SMILES string of the molecule is O=C(NC1CCN(Cc2ccccc2)CC1)c1ccc(OC2CCN(C(O)c3ccc(C(F)(F)F)cc3)CC2)c(Cl)c1. The molecule has 1 amide bonds. The third-order valence-corrected chi connectivity index (χ3v) is 8.31. The van der Waals surface area contributed by atoms with Crippen LogP contribution in [0.5, 0.6) is 5.75 Å². The second kappa shape index (κ2) is 13.5.